The van der Waals surface area contributed by atoms with E-state index in [4.69, 9.17) is 4.74 Å². The monoisotopic (exact) mass is 829 g/mol. The SMILES string of the molecule is CC/C=C/C/C=C/C/C=C/CCCCCCCC(=O)O[C@@H]1CC(C)=C(/C=C/C(C)=C/C=C/C(C)=C/C=C/C=C(C)/C=C/C=C(C)/C=C/[C@H]2C(C)=C[C@H](O)CC2(C)C)C(C)(C)C1. The van der Waals surface area contributed by atoms with Gasteiger partial charge in [-0.2, -0.15) is 0 Å². The van der Waals surface area contributed by atoms with Crippen LogP contribution in [0.5, 0.6) is 0 Å². The third-order valence-electron chi connectivity index (χ3n) is 11.6. The molecule has 334 valence electrons. The highest BCUT2D eigenvalue weighted by Crippen LogP contribution is 2.43. The van der Waals surface area contributed by atoms with Gasteiger partial charge in [-0.25, -0.2) is 0 Å². The van der Waals surface area contributed by atoms with Crippen LogP contribution in [0.25, 0.3) is 0 Å². The predicted octanol–water partition coefficient (Wildman–Crippen LogP) is 16.5. The summed E-state index contributed by atoms with van der Waals surface area (Å²) in [5.74, 6) is 0.294. The molecule has 2 aliphatic carbocycles. The predicted molar refractivity (Wildman–Crippen MR) is 267 cm³/mol. The van der Waals surface area contributed by atoms with Crippen molar-refractivity contribution in [2.45, 2.75) is 172 Å². The number of aliphatic hydroxyl groups excluding tert-OH is 1. The molecule has 2 rings (SSSR count). The standard InChI is InChI=1S/C58H84O3/c1-12-13-14-15-16-17-18-19-20-21-22-23-24-25-26-37-56(60)61-53-43-51(7)55(58(10,11)45-53)41-39-49(5)36-30-34-47(3)32-28-27-31-46(2)33-29-35-48(4)38-40-54-50(6)42-52(59)44-57(54,8)9/h13-14,16-17,19-20,27-36,38-42,52-54,59H,12,15,18,21-26,37,43-45H2,1-11H3/b14-13+,17-16+,20-19+,28-27+,33-29+,34-30+,40-38+,41-39+,46-31+,47-32+,48-35+,49-36+/t52-,53+,54-/m0/s1. The molecule has 0 amide bonds. The van der Waals surface area contributed by atoms with Crippen molar-refractivity contribution in [2.24, 2.45) is 16.7 Å². The molecule has 3 nitrogen and oxygen atoms in total. The second-order valence-electron chi connectivity index (χ2n) is 18.8. The third kappa shape index (κ3) is 23.0. The number of rotatable bonds is 24. The molecule has 1 N–H and O–H groups in total. The van der Waals surface area contributed by atoms with Gasteiger partial charge in [0.15, 0.2) is 0 Å². The van der Waals surface area contributed by atoms with Gasteiger partial charge in [-0.1, -0.05) is 215 Å². The lowest BCUT2D eigenvalue weighted by atomic mass is 9.67. The number of unbranched alkanes of at least 4 members (excludes halogenated alkanes) is 5. The average Bonchev–Trinajstić information content (AvgIpc) is 3.16. The Bertz CT molecular complexity index is 1790. The molecule has 3 heteroatoms. The smallest absolute Gasteiger partial charge is 0.306 e. The Labute approximate surface area is 374 Å². The molecule has 0 unspecified atom stereocenters. The average molecular weight is 829 g/mol. The van der Waals surface area contributed by atoms with E-state index in [9.17, 15) is 9.90 Å². The number of esters is 1. The van der Waals surface area contributed by atoms with Gasteiger partial charge in [0, 0.05) is 18.8 Å². The summed E-state index contributed by atoms with van der Waals surface area (Å²) in [5, 5.41) is 10.1. The first-order valence-corrected chi connectivity index (χ1v) is 23.3. The topological polar surface area (TPSA) is 46.5 Å². The van der Waals surface area contributed by atoms with Gasteiger partial charge >= 0.3 is 5.97 Å². The first kappa shape index (κ1) is 52.9. The summed E-state index contributed by atoms with van der Waals surface area (Å²) < 4.78 is 6.01. The highest BCUT2D eigenvalue weighted by atomic mass is 16.5. The normalized spacial score (nSPS) is 22.3. The Balaban J connectivity index is 1.75. The van der Waals surface area contributed by atoms with Crippen molar-refractivity contribution in [3.63, 3.8) is 0 Å². The molecular formula is C58H84O3. The first-order valence-electron chi connectivity index (χ1n) is 23.3. The van der Waals surface area contributed by atoms with Crippen LogP contribution < -0.4 is 0 Å². The molecule has 0 bridgehead atoms. The van der Waals surface area contributed by atoms with Gasteiger partial charge in [0.05, 0.1) is 6.10 Å². The molecule has 61 heavy (non-hydrogen) atoms. The molecule has 0 aromatic rings. The lowest BCUT2D eigenvalue weighted by Crippen LogP contribution is -2.32. The largest absolute Gasteiger partial charge is 0.462 e. The Morgan fingerprint density at radius 1 is 0.705 bits per heavy atom. The minimum Gasteiger partial charge on any atom is -0.462 e. The van der Waals surface area contributed by atoms with E-state index in [1.165, 1.54) is 58.3 Å². The molecule has 0 radical (unpaired) electrons. The molecule has 2 aliphatic rings. The van der Waals surface area contributed by atoms with Crippen LogP contribution in [-0.2, 0) is 9.53 Å². The number of aliphatic hydroxyl groups is 1. The second kappa shape index (κ2) is 29.2. The van der Waals surface area contributed by atoms with Gasteiger partial charge < -0.3 is 9.84 Å². The second-order valence-corrected chi connectivity index (χ2v) is 18.8. The Hall–Kier alpha value is -4.21. The summed E-state index contributed by atoms with van der Waals surface area (Å²) >= 11 is 0. The first-order chi connectivity index (χ1) is 29.0. The number of carbonyl (C=O) groups is 1. The van der Waals surface area contributed by atoms with Crippen molar-refractivity contribution in [3.8, 4) is 0 Å². The molecule has 0 aliphatic heterocycles. The zero-order valence-corrected chi connectivity index (χ0v) is 40.3. The molecule has 0 spiro atoms. The van der Waals surface area contributed by atoms with Gasteiger partial charge in [0.2, 0.25) is 0 Å². The van der Waals surface area contributed by atoms with E-state index >= 15 is 0 Å². The number of hydrogen-bond donors (Lipinski definition) is 1. The van der Waals surface area contributed by atoms with Crippen LogP contribution in [0.3, 0.4) is 0 Å². The number of carbonyl (C=O) groups excluding carboxylic acids is 1. The summed E-state index contributed by atoms with van der Waals surface area (Å²) in [5.41, 5.74) is 8.64. The maximum Gasteiger partial charge on any atom is 0.306 e. The zero-order valence-electron chi connectivity index (χ0n) is 40.3. The fourth-order valence-corrected chi connectivity index (χ4v) is 8.33. The number of allylic oxidation sites excluding steroid dienone is 26. The van der Waals surface area contributed by atoms with E-state index in [-0.39, 0.29) is 29.0 Å². The van der Waals surface area contributed by atoms with Crippen molar-refractivity contribution < 1.29 is 14.6 Å². The van der Waals surface area contributed by atoms with Crippen LogP contribution in [0, 0.1) is 16.7 Å². The maximum atomic E-state index is 12.7. The van der Waals surface area contributed by atoms with Crippen LogP contribution in [0.15, 0.2) is 167 Å². The highest BCUT2D eigenvalue weighted by molar-refractivity contribution is 5.69. The molecule has 0 saturated carbocycles. The zero-order chi connectivity index (χ0) is 45.1. The van der Waals surface area contributed by atoms with E-state index in [0.717, 1.165) is 57.8 Å². The highest BCUT2D eigenvalue weighted by Gasteiger charge is 2.35. The van der Waals surface area contributed by atoms with Crippen LogP contribution in [0.4, 0.5) is 0 Å². The summed E-state index contributed by atoms with van der Waals surface area (Å²) in [6.45, 7) is 24.0. The fourth-order valence-electron chi connectivity index (χ4n) is 8.33. The number of hydrogen-bond acceptors (Lipinski definition) is 3. The Morgan fingerprint density at radius 3 is 1.85 bits per heavy atom. The van der Waals surface area contributed by atoms with E-state index in [1.807, 2.05) is 6.08 Å². The summed E-state index contributed by atoms with van der Waals surface area (Å²) in [6, 6.07) is 0. The molecule has 3 atom stereocenters. The lowest BCUT2D eigenvalue weighted by Gasteiger charge is -2.38. The van der Waals surface area contributed by atoms with Gasteiger partial charge in [0.1, 0.15) is 6.10 Å². The van der Waals surface area contributed by atoms with Crippen molar-refractivity contribution in [1.82, 2.24) is 0 Å². The third-order valence-corrected chi connectivity index (χ3v) is 11.6. The van der Waals surface area contributed by atoms with E-state index < -0.39 is 0 Å². The van der Waals surface area contributed by atoms with Crippen molar-refractivity contribution in [3.05, 3.63) is 167 Å². The van der Waals surface area contributed by atoms with Crippen LogP contribution in [0.1, 0.15) is 160 Å². The van der Waals surface area contributed by atoms with Crippen molar-refractivity contribution >= 4 is 5.97 Å². The maximum absolute atomic E-state index is 12.7. The van der Waals surface area contributed by atoms with Crippen LogP contribution in [-0.4, -0.2) is 23.3 Å². The van der Waals surface area contributed by atoms with Crippen LogP contribution in [0.2, 0.25) is 0 Å². The molecule has 0 heterocycles. The molecule has 0 aromatic heterocycles. The minimum absolute atomic E-state index is 0.0446. The summed E-state index contributed by atoms with van der Waals surface area (Å²) in [4.78, 5) is 12.7. The molecular weight excluding hydrogens is 745 g/mol. The van der Waals surface area contributed by atoms with Gasteiger partial charge in [-0.15, -0.1) is 0 Å². The van der Waals surface area contributed by atoms with E-state index in [1.54, 1.807) is 0 Å². The molecule has 0 aromatic carbocycles. The van der Waals surface area contributed by atoms with Crippen molar-refractivity contribution in [2.75, 3.05) is 0 Å². The summed E-state index contributed by atoms with van der Waals surface area (Å²) in [7, 11) is 0. The molecule has 0 saturated heterocycles. The Kier molecular flexibility index (Phi) is 25.3. The number of ether oxygens (including phenoxy) is 1. The minimum atomic E-state index is -0.339. The van der Waals surface area contributed by atoms with Gasteiger partial charge in [-0.05, 0) is 109 Å². The molecule has 0 fully saturated rings. The quantitative estimate of drug-likeness (QED) is 0.0456. The summed E-state index contributed by atoms with van der Waals surface area (Å²) in [6.07, 6.45) is 58.1. The fraction of sp³-hybridized carbons (Fsp3) is 0.500. The van der Waals surface area contributed by atoms with Gasteiger partial charge in [-0.3, -0.25) is 4.79 Å². The lowest BCUT2D eigenvalue weighted by molar-refractivity contribution is -0.150. The van der Waals surface area contributed by atoms with Crippen molar-refractivity contribution in [1.29, 1.82) is 0 Å². The van der Waals surface area contributed by atoms with E-state index in [2.05, 4.69) is 198 Å². The van der Waals surface area contributed by atoms with Crippen LogP contribution >= 0.6 is 0 Å². The Morgan fingerprint density at radius 2 is 1.25 bits per heavy atom. The van der Waals surface area contributed by atoms with Gasteiger partial charge in [0.25, 0.3) is 0 Å². The van der Waals surface area contributed by atoms with E-state index in [0.29, 0.717) is 12.3 Å².